The molecule has 6 nitrogen and oxygen atoms in total. The van der Waals surface area contributed by atoms with Gasteiger partial charge in [-0.05, 0) is 24.6 Å². The number of hydrogen-bond acceptors (Lipinski definition) is 8. The van der Waals surface area contributed by atoms with Gasteiger partial charge in [0.1, 0.15) is 21.2 Å². The Morgan fingerprint density at radius 3 is 2.78 bits per heavy atom. The molecule has 0 aliphatic carbocycles. The first-order valence-electron chi connectivity index (χ1n) is 7.81. The number of benzene rings is 1. The molecule has 10 heteroatoms. The summed E-state index contributed by atoms with van der Waals surface area (Å²) < 4.78 is 1.03. The second-order valence-electron chi connectivity index (χ2n) is 5.48. The van der Waals surface area contributed by atoms with E-state index in [0.29, 0.717) is 5.13 Å². The van der Waals surface area contributed by atoms with E-state index in [1.165, 1.54) is 23.1 Å². The van der Waals surface area contributed by atoms with Gasteiger partial charge in [-0.15, -0.1) is 21.5 Å². The molecule has 0 atom stereocenters. The van der Waals surface area contributed by atoms with E-state index >= 15 is 0 Å². The summed E-state index contributed by atoms with van der Waals surface area (Å²) in [6.07, 6.45) is 1.54. The zero-order valence-electron chi connectivity index (χ0n) is 14.0. The van der Waals surface area contributed by atoms with Gasteiger partial charge in [-0.2, -0.15) is 0 Å². The van der Waals surface area contributed by atoms with Crippen LogP contribution in [0.25, 0.3) is 21.3 Å². The fraction of sp³-hybridized carbons (Fsp3) is 0.118. The molecule has 0 unspecified atom stereocenters. The van der Waals surface area contributed by atoms with E-state index in [0.717, 1.165) is 35.8 Å². The fourth-order valence-electron chi connectivity index (χ4n) is 2.44. The summed E-state index contributed by atoms with van der Waals surface area (Å²) in [5.74, 6) is 0.101. The van der Waals surface area contributed by atoms with Gasteiger partial charge >= 0.3 is 0 Å². The number of fused-ring (bicyclic) bond motifs is 1. The number of anilines is 1. The van der Waals surface area contributed by atoms with Crippen LogP contribution in [0.3, 0.4) is 0 Å². The molecule has 0 saturated heterocycles. The lowest BCUT2D eigenvalue weighted by Crippen LogP contribution is -2.14. The molecule has 0 bridgehead atoms. The standard InChI is InChI=1S/C17H12BrN5OS3/c1-9-22-23-17(27-9)21-13(24)7-26-16-14-12(6-25-15(14)19-8-20-16)10-2-4-11(18)5-3-10/h2-6,8H,7H2,1H3,(H,21,23,24). The van der Waals surface area contributed by atoms with Crippen LogP contribution in [0, 0.1) is 6.92 Å². The van der Waals surface area contributed by atoms with Gasteiger partial charge < -0.3 is 0 Å². The highest BCUT2D eigenvalue weighted by molar-refractivity contribution is 9.10. The molecule has 136 valence electrons. The molecule has 0 fully saturated rings. The van der Waals surface area contributed by atoms with Crippen LogP contribution in [0.1, 0.15) is 5.01 Å². The number of thiophene rings is 1. The van der Waals surface area contributed by atoms with Crippen LogP contribution >= 0.6 is 50.4 Å². The fourth-order valence-corrected chi connectivity index (χ4v) is 5.10. The molecular formula is C17H12BrN5OS3. The molecule has 3 aromatic heterocycles. The molecule has 4 rings (SSSR count). The second kappa shape index (κ2) is 8.01. The molecule has 0 radical (unpaired) electrons. The Hall–Kier alpha value is -1.88. The molecule has 0 aliphatic heterocycles. The monoisotopic (exact) mass is 477 g/mol. The number of rotatable bonds is 5. The van der Waals surface area contributed by atoms with Gasteiger partial charge in [0.25, 0.3) is 0 Å². The summed E-state index contributed by atoms with van der Waals surface area (Å²) in [4.78, 5) is 21.9. The number of carbonyl (C=O) groups is 1. The number of nitrogens with zero attached hydrogens (tertiary/aromatic N) is 4. The Morgan fingerprint density at radius 2 is 2.04 bits per heavy atom. The van der Waals surface area contributed by atoms with E-state index in [1.54, 1.807) is 17.7 Å². The Kier molecular flexibility index (Phi) is 5.48. The normalized spacial score (nSPS) is 11.0. The third-order valence-electron chi connectivity index (χ3n) is 3.60. The summed E-state index contributed by atoms with van der Waals surface area (Å²) in [7, 11) is 0. The van der Waals surface area contributed by atoms with E-state index < -0.39 is 0 Å². The molecule has 27 heavy (non-hydrogen) atoms. The Balaban J connectivity index is 1.57. The molecular weight excluding hydrogens is 466 g/mol. The van der Waals surface area contributed by atoms with Crippen molar-refractivity contribution in [1.29, 1.82) is 0 Å². The molecule has 0 aliphatic rings. The van der Waals surface area contributed by atoms with Gasteiger partial charge in [0.15, 0.2) is 0 Å². The van der Waals surface area contributed by atoms with Crippen molar-refractivity contribution in [2.45, 2.75) is 11.9 Å². The van der Waals surface area contributed by atoms with Crippen LogP contribution < -0.4 is 5.32 Å². The van der Waals surface area contributed by atoms with Crippen molar-refractivity contribution in [2.24, 2.45) is 0 Å². The predicted molar refractivity (Wildman–Crippen MR) is 115 cm³/mol. The SMILES string of the molecule is Cc1nnc(NC(=O)CSc2ncnc3scc(-c4ccc(Br)cc4)c23)s1. The van der Waals surface area contributed by atoms with Gasteiger partial charge in [-0.3, -0.25) is 10.1 Å². The Labute approximate surface area is 175 Å². The summed E-state index contributed by atoms with van der Waals surface area (Å²) in [6.45, 7) is 1.85. The number of halogens is 1. The third-order valence-corrected chi connectivity index (χ3v) is 6.76. The van der Waals surface area contributed by atoms with Crippen LogP contribution in [-0.2, 0) is 4.79 Å². The van der Waals surface area contributed by atoms with Crippen LogP contribution in [0.4, 0.5) is 5.13 Å². The molecule has 1 amide bonds. The van der Waals surface area contributed by atoms with Gasteiger partial charge in [0, 0.05) is 15.4 Å². The predicted octanol–water partition coefficient (Wildman–Crippen LogP) is 5.01. The van der Waals surface area contributed by atoms with E-state index in [-0.39, 0.29) is 11.7 Å². The van der Waals surface area contributed by atoms with E-state index in [4.69, 9.17) is 0 Å². The van der Waals surface area contributed by atoms with Crippen molar-refractivity contribution in [3.63, 3.8) is 0 Å². The van der Waals surface area contributed by atoms with Gasteiger partial charge in [-0.25, -0.2) is 9.97 Å². The minimum atomic E-state index is -0.136. The zero-order valence-corrected chi connectivity index (χ0v) is 18.0. The number of amides is 1. The molecule has 1 N–H and O–H groups in total. The number of nitrogens with one attached hydrogen (secondary N) is 1. The first-order chi connectivity index (χ1) is 13.1. The lowest BCUT2D eigenvalue weighted by Gasteiger charge is -2.05. The van der Waals surface area contributed by atoms with Crippen LogP contribution in [0.15, 0.2) is 45.5 Å². The lowest BCUT2D eigenvalue weighted by atomic mass is 10.1. The van der Waals surface area contributed by atoms with Crippen LogP contribution in [-0.4, -0.2) is 31.8 Å². The zero-order chi connectivity index (χ0) is 18.8. The van der Waals surface area contributed by atoms with E-state index in [2.05, 4.69) is 58.9 Å². The average Bonchev–Trinajstić information content (AvgIpc) is 3.27. The first-order valence-corrected chi connectivity index (χ1v) is 11.3. The minimum absolute atomic E-state index is 0.136. The second-order valence-corrected chi connectivity index (χ2v) is 9.40. The molecule has 0 spiro atoms. The largest absolute Gasteiger partial charge is 0.300 e. The maximum atomic E-state index is 12.2. The van der Waals surface area contributed by atoms with Crippen molar-refractivity contribution in [1.82, 2.24) is 20.2 Å². The Morgan fingerprint density at radius 1 is 1.22 bits per heavy atom. The smallest absolute Gasteiger partial charge is 0.236 e. The van der Waals surface area contributed by atoms with Crippen molar-refractivity contribution >= 4 is 71.6 Å². The number of aryl methyl sites for hydroxylation is 1. The number of hydrogen-bond donors (Lipinski definition) is 1. The third kappa shape index (κ3) is 4.18. The van der Waals surface area contributed by atoms with E-state index in [1.807, 2.05) is 19.1 Å². The average molecular weight is 478 g/mol. The Bertz CT molecular complexity index is 1110. The van der Waals surface area contributed by atoms with Gasteiger partial charge in [-0.1, -0.05) is 51.2 Å². The summed E-state index contributed by atoms with van der Waals surface area (Å²) in [5.41, 5.74) is 2.17. The van der Waals surface area contributed by atoms with Crippen molar-refractivity contribution in [3.05, 3.63) is 45.5 Å². The molecule has 1 aromatic carbocycles. The highest BCUT2D eigenvalue weighted by atomic mass is 79.9. The van der Waals surface area contributed by atoms with E-state index in [9.17, 15) is 4.79 Å². The minimum Gasteiger partial charge on any atom is -0.300 e. The van der Waals surface area contributed by atoms with Crippen LogP contribution in [0.2, 0.25) is 0 Å². The highest BCUT2D eigenvalue weighted by Crippen LogP contribution is 2.38. The quantitative estimate of drug-likeness (QED) is 0.321. The number of carbonyl (C=O) groups excluding carboxylic acids is 1. The van der Waals surface area contributed by atoms with Gasteiger partial charge in [0.2, 0.25) is 11.0 Å². The number of thioether (sulfide) groups is 1. The maximum absolute atomic E-state index is 12.2. The van der Waals surface area contributed by atoms with Crippen LogP contribution in [0.5, 0.6) is 0 Å². The molecule has 4 aromatic rings. The van der Waals surface area contributed by atoms with Crippen molar-refractivity contribution in [3.8, 4) is 11.1 Å². The lowest BCUT2D eigenvalue weighted by molar-refractivity contribution is -0.113. The van der Waals surface area contributed by atoms with Crippen molar-refractivity contribution in [2.75, 3.05) is 11.1 Å². The highest BCUT2D eigenvalue weighted by Gasteiger charge is 2.15. The summed E-state index contributed by atoms with van der Waals surface area (Å²) >= 11 is 7.78. The topological polar surface area (TPSA) is 80.7 Å². The van der Waals surface area contributed by atoms with Gasteiger partial charge in [0.05, 0.1) is 11.1 Å². The summed E-state index contributed by atoms with van der Waals surface area (Å²) in [6, 6.07) is 8.12. The molecule has 3 heterocycles. The summed E-state index contributed by atoms with van der Waals surface area (Å²) in [5, 5.41) is 15.8. The maximum Gasteiger partial charge on any atom is 0.236 e. The first kappa shape index (κ1) is 18.5. The molecule has 0 saturated carbocycles. The number of aromatic nitrogens is 4. The van der Waals surface area contributed by atoms with Crippen molar-refractivity contribution < 1.29 is 4.79 Å².